The standard InChI is InChI=1S/C10H13ClFNO/c1-2-3-9(13)6-4-7(11)10(14)8(12)5-6/h4-5,9,14H,2-3,13H2,1H3. The van der Waals surface area contributed by atoms with Gasteiger partial charge in [0.15, 0.2) is 11.6 Å². The Balaban J connectivity index is 3.00. The zero-order valence-electron chi connectivity index (χ0n) is 7.93. The number of hydrogen-bond donors (Lipinski definition) is 2. The lowest BCUT2D eigenvalue weighted by atomic mass is 10.0. The maximum absolute atomic E-state index is 13.1. The molecular weight excluding hydrogens is 205 g/mol. The Bertz CT molecular complexity index is 307. The third kappa shape index (κ3) is 2.36. The average Bonchev–Trinajstić information content (AvgIpc) is 2.13. The van der Waals surface area contributed by atoms with Crippen molar-refractivity contribution in [1.29, 1.82) is 0 Å². The summed E-state index contributed by atoms with van der Waals surface area (Å²) in [5.74, 6) is -1.24. The maximum atomic E-state index is 13.1. The summed E-state index contributed by atoms with van der Waals surface area (Å²) in [4.78, 5) is 0. The fraction of sp³-hybridized carbons (Fsp3) is 0.400. The molecule has 1 unspecified atom stereocenters. The highest BCUT2D eigenvalue weighted by Gasteiger charge is 2.12. The van der Waals surface area contributed by atoms with Gasteiger partial charge in [-0.2, -0.15) is 0 Å². The highest BCUT2D eigenvalue weighted by molar-refractivity contribution is 6.32. The van der Waals surface area contributed by atoms with Crippen molar-refractivity contribution in [1.82, 2.24) is 0 Å². The number of nitrogens with two attached hydrogens (primary N) is 1. The number of phenolic OH excluding ortho intramolecular Hbond substituents is 1. The Morgan fingerprint density at radius 3 is 2.71 bits per heavy atom. The molecule has 2 nitrogen and oxygen atoms in total. The van der Waals surface area contributed by atoms with Gasteiger partial charge in [-0.25, -0.2) is 4.39 Å². The average molecular weight is 218 g/mol. The summed E-state index contributed by atoms with van der Waals surface area (Å²) in [6, 6.07) is 2.49. The predicted octanol–water partition coefficient (Wildman–Crippen LogP) is 2.98. The first-order chi connectivity index (χ1) is 6.56. The molecule has 0 heterocycles. The van der Waals surface area contributed by atoms with E-state index in [1.54, 1.807) is 0 Å². The third-order valence-corrected chi connectivity index (χ3v) is 2.36. The van der Waals surface area contributed by atoms with Gasteiger partial charge in [-0.05, 0) is 24.1 Å². The van der Waals surface area contributed by atoms with Crippen LogP contribution in [0.15, 0.2) is 12.1 Å². The molecule has 0 saturated heterocycles. The fourth-order valence-electron chi connectivity index (χ4n) is 1.28. The lowest BCUT2D eigenvalue weighted by Crippen LogP contribution is -2.09. The van der Waals surface area contributed by atoms with Crippen molar-refractivity contribution in [2.75, 3.05) is 0 Å². The Morgan fingerprint density at radius 2 is 2.21 bits per heavy atom. The SMILES string of the molecule is CCCC(N)c1cc(F)c(O)c(Cl)c1. The first-order valence-electron chi connectivity index (χ1n) is 4.49. The molecule has 1 aromatic carbocycles. The maximum Gasteiger partial charge on any atom is 0.170 e. The molecule has 0 saturated carbocycles. The van der Waals surface area contributed by atoms with E-state index >= 15 is 0 Å². The summed E-state index contributed by atoms with van der Waals surface area (Å²) < 4.78 is 13.1. The van der Waals surface area contributed by atoms with Gasteiger partial charge in [-0.3, -0.25) is 0 Å². The smallest absolute Gasteiger partial charge is 0.170 e. The highest BCUT2D eigenvalue weighted by Crippen LogP contribution is 2.30. The van der Waals surface area contributed by atoms with E-state index in [1.165, 1.54) is 12.1 Å². The fourth-order valence-corrected chi connectivity index (χ4v) is 1.49. The van der Waals surface area contributed by atoms with Crippen LogP contribution in [-0.2, 0) is 0 Å². The molecule has 14 heavy (non-hydrogen) atoms. The molecule has 0 aliphatic rings. The second-order valence-corrected chi connectivity index (χ2v) is 3.64. The molecule has 0 fully saturated rings. The van der Waals surface area contributed by atoms with Gasteiger partial charge in [0.2, 0.25) is 0 Å². The summed E-state index contributed by atoms with van der Waals surface area (Å²) >= 11 is 5.62. The zero-order chi connectivity index (χ0) is 10.7. The minimum atomic E-state index is -0.723. The predicted molar refractivity (Wildman–Crippen MR) is 54.9 cm³/mol. The largest absolute Gasteiger partial charge is 0.504 e. The van der Waals surface area contributed by atoms with Crippen LogP contribution in [0, 0.1) is 5.82 Å². The molecule has 1 aromatic rings. The number of aromatic hydroxyl groups is 1. The molecule has 0 aliphatic carbocycles. The molecule has 0 radical (unpaired) electrons. The number of benzene rings is 1. The summed E-state index contributed by atoms with van der Waals surface area (Å²) in [6.45, 7) is 2.00. The van der Waals surface area contributed by atoms with Gasteiger partial charge in [-0.15, -0.1) is 0 Å². The Morgan fingerprint density at radius 1 is 1.57 bits per heavy atom. The molecule has 1 rings (SSSR count). The van der Waals surface area contributed by atoms with Gasteiger partial charge in [-0.1, -0.05) is 24.9 Å². The second kappa shape index (κ2) is 4.62. The number of halogens is 2. The van der Waals surface area contributed by atoms with Crippen LogP contribution in [0.1, 0.15) is 31.4 Å². The van der Waals surface area contributed by atoms with Crippen LogP contribution < -0.4 is 5.73 Å². The van der Waals surface area contributed by atoms with E-state index in [4.69, 9.17) is 22.4 Å². The van der Waals surface area contributed by atoms with Crippen LogP contribution in [-0.4, -0.2) is 5.11 Å². The normalized spacial score (nSPS) is 12.9. The minimum absolute atomic E-state index is 0.00607. The molecule has 78 valence electrons. The van der Waals surface area contributed by atoms with E-state index in [1.807, 2.05) is 6.92 Å². The van der Waals surface area contributed by atoms with Gasteiger partial charge >= 0.3 is 0 Å². The first kappa shape index (κ1) is 11.3. The topological polar surface area (TPSA) is 46.2 Å². The van der Waals surface area contributed by atoms with Crippen molar-refractivity contribution in [3.05, 3.63) is 28.5 Å². The van der Waals surface area contributed by atoms with E-state index in [2.05, 4.69) is 0 Å². The molecule has 0 aliphatic heterocycles. The van der Waals surface area contributed by atoms with Crippen molar-refractivity contribution in [2.45, 2.75) is 25.8 Å². The molecule has 0 aromatic heterocycles. The van der Waals surface area contributed by atoms with Crippen molar-refractivity contribution in [2.24, 2.45) is 5.73 Å². The lowest BCUT2D eigenvalue weighted by Gasteiger charge is -2.11. The minimum Gasteiger partial charge on any atom is -0.504 e. The lowest BCUT2D eigenvalue weighted by molar-refractivity contribution is 0.431. The molecule has 1 atom stereocenters. The van der Waals surface area contributed by atoms with Gasteiger partial charge in [0.25, 0.3) is 0 Å². The number of hydrogen-bond acceptors (Lipinski definition) is 2. The molecule has 4 heteroatoms. The second-order valence-electron chi connectivity index (χ2n) is 3.23. The van der Waals surface area contributed by atoms with E-state index in [9.17, 15) is 4.39 Å². The van der Waals surface area contributed by atoms with Crippen LogP contribution in [0.5, 0.6) is 5.75 Å². The van der Waals surface area contributed by atoms with E-state index in [-0.39, 0.29) is 11.1 Å². The first-order valence-corrected chi connectivity index (χ1v) is 4.87. The summed E-state index contributed by atoms with van der Waals surface area (Å²) in [7, 11) is 0. The molecular formula is C10H13ClFNO. The summed E-state index contributed by atoms with van der Waals surface area (Å²) in [5.41, 5.74) is 6.40. The Kier molecular flexibility index (Phi) is 3.72. The Labute approximate surface area is 87.5 Å². The number of phenols is 1. The number of rotatable bonds is 3. The Hall–Kier alpha value is -0.800. The summed E-state index contributed by atoms with van der Waals surface area (Å²) in [5, 5.41) is 9.10. The molecule has 0 amide bonds. The van der Waals surface area contributed by atoms with Crippen molar-refractivity contribution < 1.29 is 9.50 Å². The molecule has 0 spiro atoms. The van der Waals surface area contributed by atoms with E-state index in [0.29, 0.717) is 5.56 Å². The quantitative estimate of drug-likeness (QED) is 0.818. The molecule has 0 bridgehead atoms. The monoisotopic (exact) mass is 217 g/mol. The van der Waals surface area contributed by atoms with Crippen LogP contribution in [0.4, 0.5) is 4.39 Å². The van der Waals surface area contributed by atoms with Crippen LogP contribution in [0.25, 0.3) is 0 Å². The highest BCUT2D eigenvalue weighted by atomic mass is 35.5. The van der Waals surface area contributed by atoms with E-state index in [0.717, 1.165) is 12.8 Å². The zero-order valence-corrected chi connectivity index (χ0v) is 8.68. The summed E-state index contributed by atoms with van der Waals surface area (Å²) in [6.07, 6.45) is 1.68. The van der Waals surface area contributed by atoms with Crippen molar-refractivity contribution in [3.63, 3.8) is 0 Å². The third-order valence-electron chi connectivity index (χ3n) is 2.07. The van der Waals surface area contributed by atoms with Gasteiger partial charge < -0.3 is 10.8 Å². The van der Waals surface area contributed by atoms with Gasteiger partial charge in [0, 0.05) is 6.04 Å². The van der Waals surface area contributed by atoms with Crippen LogP contribution in [0.2, 0.25) is 5.02 Å². The molecule has 3 N–H and O–H groups in total. The van der Waals surface area contributed by atoms with Crippen molar-refractivity contribution in [3.8, 4) is 5.75 Å². The van der Waals surface area contributed by atoms with Crippen molar-refractivity contribution >= 4 is 11.6 Å². The van der Waals surface area contributed by atoms with Gasteiger partial charge in [0.1, 0.15) is 0 Å². The van der Waals surface area contributed by atoms with Crippen LogP contribution >= 0.6 is 11.6 Å². The van der Waals surface area contributed by atoms with E-state index < -0.39 is 11.6 Å². The van der Waals surface area contributed by atoms with Crippen LogP contribution in [0.3, 0.4) is 0 Å². The van der Waals surface area contributed by atoms with Gasteiger partial charge in [0.05, 0.1) is 5.02 Å².